The van der Waals surface area contributed by atoms with Crippen LogP contribution in [-0.2, 0) is 12.8 Å². The lowest BCUT2D eigenvalue weighted by Crippen LogP contribution is -1.97. The second-order valence-electron chi connectivity index (χ2n) is 11.4. The van der Waals surface area contributed by atoms with E-state index in [-0.39, 0.29) is 0 Å². The van der Waals surface area contributed by atoms with Crippen LogP contribution in [0.2, 0.25) is 0 Å². The van der Waals surface area contributed by atoms with Crippen molar-refractivity contribution in [2.45, 2.75) is 40.5 Å². The van der Waals surface area contributed by atoms with E-state index in [4.69, 9.17) is 0 Å². The van der Waals surface area contributed by atoms with Crippen LogP contribution in [-0.4, -0.2) is 0 Å². The number of rotatable bonds is 4. The highest BCUT2D eigenvalue weighted by Crippen LogP contribution is 2.56. The molecule has 2 aliphatic carbocycles. The average Bonchev–Trinajstić information content (AvgIpc) is 3.79. The van der Waals surface area contributed by atoms with Gasteiger partial charge in [-0.15, -0.1) is 68.0 Å². The van der Waals surface area contributed by atoms with Gasteiger partial charge in [0.2, 0.25) is 0 Å². The molecule has 0 radical (unpaired) electrons. The van der Waals surface area contributed by atoms with Crippen LogP contribution in [0.1, 0.15) is 43.1 Å². The first-order chi connectivity index (χ1) is 20.4. The van der Waals surface area contributed by atoms with Gasteiger partial charge >= 0.3 is 0 Å². The quantitative estimate of drug-likeness (QED) is 0.178. The standard InChI is InChI=1S/C36H26S6/c1-17-5-7-25(37-17)27-9-11-29(39-27)31-15-21-13-23-20(4)34-24(19(3)33(23)35(21)41-31)14-22-16-32(42-36(22)34)30-12-10-28(40-30)26-8-6-18(2)38-26/h5-12,15-16H,13-14H2,1-4H3. The van der Waals surface area contributed by atoms with Gasteiger partial charge in [-0.05, 0) is 146 Å². The van der Waals surface area contributed by atoms with E-state index in [1.54, 1.807) is 11.1 Å². The zero-order valence-corrected chi connectivity index (χ0v) is 28.5. The highest BCUT2D eigenvalue weighted by atomic mass is 32.1. The third-order valence-corrected chi connectivity index (χ3v) is 16.1. The van der Waals surface area contributed by atoms with Crippen molar-refractivity contribution in [1.82, 2.24) is 0 Å². The molecule has 0 amide bonds. The summed E-state index contributed by atoms with van der Waals surface area (Å²) in [6.07, 6.45) is 2.12. The third-order valence-electron chi connectivity index (χ3n) is 8.73. The van der Waals surface area contributed by atoms with Crippen LogP contribution in [0.25, 0.3) is 59.9 Å². The van der Waals surface area contributed by atoms with Gasteiger partial charge in [-0.2, -0.15) is 0 Å². The lowest BCUT2D eigenvalue weighted by molar-refractivity contribution is 1.17. The smallest absolute Gasteiger partial charge is 0.0452 e. The summed E-state index contributed by atoms with van der Waals surface area (Å²) < 4.78 is 0. The monoisotopic (exact) mass is 650 g/mol. The molecule has 6 heterocycles. The molecule has 9 rings (SSSR count). The molecule has 7 aromatic rings. The molecule has 0 nitrogen and oxygen atoms in total. The summed E-state index contributed by atoms with van der Waals surface area (Å²) >= 11 is 11.7. The predicted octanol–water partition coefficient (Wildman–Crippen LogP) is 13.1. The fourth-order valence-electron chi connectivity index (χ4n) is 6.69. The van der Waals surface area contributed by atoms with Gasteiger partial charge in [0.15, 0.2) is 0 Å². The van der Waals surface area contributed by atoms with Gasteiger partial charge < -0.3 is 0 Å². The SMILES string of the molecule is Cc1ccc(-c2ccc(-c3cc4c(s3)-c3c(C)c5c(c(C)c3C4)-c3sc(-c4ccc(-c6ccc(C)s6)s4)cc3C5)s2)s1. The highest BCUT2D eigenvalue weighted by molar-refractivity contribution is 7.28. The van der Waals surface area contributed by atoms with Gasteiger partial charge in [0, 0.05) is 58.5 Å². The molecular formula is C36H26S6. The molecule has 42 heavy (non-hydrogen) atoms. The summed E-state index contributed by atoms with van der Waals surface area (Å²) in [5.41, 5.74) is 12.3. The van der Waals surface area contributed by atoms with E-state index in [0.717, 1.165) is 12.8 Å². The van der Waals surface area contributed by atoms with Crippen molar-refractivity contribution in [2.24, 2.45) is 0 Å². The highest BCUT2D eigenvalue weighted by Gasteiger charge is 2.34. The van der Waals surface area contributed by atoms with E-state index in [9.17, 15) is 0 Å². The van der Waals surface area contributed by atoms with Crippen molar-refractivity contribution in [3.05, 3.63) is 104 Å². The Morgan fingerprint density at radius 3 is 1.14 bits per heavy atom. The Labute approximate surface area is 270 Å². The van der Waals surface area contributed by atoms with Crippen molar-refractivity contribution in [2.75, 3.05) is 0 Å². The Bertz CT molecular complexity index is 2040. The van der Waals surface area contributed by atoms with E-state index in [0.29, 0.717) is 0 Å². The van der Waals surface area contributed by atoms with Crippen molar-refractivity contribution in [1.29, 1.82) is 0 Å². The molecule has 6 aromatic heterocycles. The summed E-state index contributed by atoms with van der Waals surface area (Å²) in [6, 6.07) is 23.2. The van der Waals surface area contributed by atoms with E-state index in [1.807, 2.05) is 68.0 Å². The fourth-order valence-corrected chi connectivity index (χ4v) is 13.4. The van der Waals surface area contributed by atoms with Crippen molar-refractivity contribution < 1.29 is 0 Å². The summed E-state index contributed by atoms with van der Waals surface area (Å²) in [5, 5.41) is 0. The molecule has 0 bridgehead atoms. The van der Waals surface area contributed by atoms with Crippen molar-refractivity contribution in [3.63, 3.8) is 0 Å². The Morgan fingerprint density at radius 2 is 0.762 bits per heavy atom. The normalized spacial score (nSPS) is 13.0. The van der Waals surface area contributed by atoms with Crippen LogP contribution < -0.4 is 0 Å². The van der Waals surface area contributed by atoms with E-state index < -0.39 is 0 Å². The van der Waals surface area contributed by atoms with Crippen molar-refractivity contribution >= 4 is 68.0 Å². The molecule has 0 spiro atoms. The summed E-state index contributed by atoms with van der Waals surface area (Å²) in [7, 11) is 0. The number of aryl methyl sites for hydroxylation is 2. The second-order valence-corrected chi connectivity index (χ2v) is 18.2. The number of benzene rings is 1. The minimum atomic E-state index is 1.06. The van der Waals surface area contributed by atoms with Gasteiger partial charge in [0.05, 0.1) is 0 Å². The maximum Gasteiger partial charge on any atom is 0.0452 e. The molecule has 2 aliphatic rings. The molecule has 6 heteroatoms. The molecule has 0 aliphatic heterocycles. The van der Waals surface area contributed by atoms with Crippen LogP contribution >= 0.6 is 68.0 Å². The van der Waals surface area contributed by atoms with E-state index in [1.165, 1.54) is 91.9 Å². The summed E-state index contributed by atoms with van der Waals surface area (Å²) in [4.78, 5) is 16.9. The Hall–Kier alpha value is -2.58. The molecular weight excluding hydrogens is 625 g/mol. The van der Waals surface area contributed by atoms with E-state index >= 15 is 0 Å². The number of hydrogen-bond donors (Lipinski definition) is 0. The molecule has 0 saturated heterocycles. The molecule has 0 N–H and O–H groups in total. The Kier molecular flexibility index (Phi) is 5.83. The molecule has 206 valence electrons. The van der Waals surface area contributed by atoms with E-state index in [2.05, 4.69) is 88.4 Å². The lowest BCUT2D eigenvalue weighted by atomic mass is 9.90. The summed E-state index contributed by atoms with van der Waals surface area (Å²) in [6.45, 7) is 9.16. The van der Waals surface area contributed by atoms with Gasteiger partial charge in [-0.25, -0.2) is 0 Å². The first-order valence-electron chi connectivity index (χ1n) is 14.2. The zero-order valence-electron chi connectivity index (χ0n) is 23.6. The van der Waals surface area contributed by atoms with Gasteiger partial charge in [-0.1, -0.05) is 0 Å². The average molecular weight is 651 g/mol. The molecule has 0 fully saturated rings. The van der Waals surface area contributed by atoms with Gasteiger partial charge in [0.25, 0.3) is 0 Å². The number of hydrogen-bond acceptors (Lipinski definition) is 6. The largest absolute Gasteiger partial charge is 0.140 e. The fraction of sp³-hybridized carbons (Fsp3) is 0.167. The zero-order chi connectivity index (χ0) is 28.3. The minimum Gasteiger partial charge on any atom is -0.140 e. The summed E-state index contributed by atoms with van der Waals surface area (Å²) in [5.74, 6) is 0. The third kappa shape index (κ3) is 3.86. The van der Waals surface area contributed by atoms with Crippen LogP contribution in [0, 0.1) is 27.7 Å². The Morgan fingerprint density at radius 1 is 0.405 bits per heavy atom. The Balaban J connectivity index is 1.07. The van der Waals surface area contributed by atoms with Crippen LogP contribution in [0.15, 0.2) is 60.7 Å². The van der Waals surface area contributed by atoms with Gasteiger partial charge in [-0.3, -0.25) is 0 Å². The molecule has 1 aromatic carbocycles. The minimum absolute atomic E-state index is 1.06. The molecule has 0 unspecified atom stereocenters. The predicted molar refractivity (Wildman–Crippen MR) is 191 cm³/mol. The van der Waals surface area contributed by atoms with Gasteiger partial charge in [0.1, 0.15) is 0 Å². The first-order valence-corrected chi connectivity index (χ1v) is 19.1. The van der Waals surface area contributed by atoms with Crippen LogP contribution in [0.5, 0.6) is 0 Å². The molecule has 0 saturated carbocycles. The van der Waals surface area contributed by atoms with Crippen LogP contribution in [0.3, 0.4) is 0 Å². The second kappa shape index (κ2) is 9.46. The van der Waals surface area contributed by atoms with Crippen LogP contribution in [0.4, 0.5) is 0 Å². The number of fused-ring (bicyclic) bond motifs is 6. The maximum atomic E-state index is 2.48. The number of thiophene rings is 6. The topological polar surface area (TPSA) is 0 Å². The van der Waals surface area contributed by atoms with Crippen molar-refractivity contribution in [3.8, 4) is 59.9 Å². The molecule has 0 atom stereocenters. The first kappa shape index (κ1) is 25.9. The maximum absolute atomic E-state index is 2.48. The lowest BCUT2D eigenvalue weighted by Gasteiger charge is -2.16.